The minimum absolute atomic E-state index is 0.0591. The Kier molecular flexibility index (Phi) is 7.58. The number of carboxylic acids is 1. The third-order valence-electron chi connectivity index (χ3n) is 3.38. The van der Waals surface area contributed by atoms with E-state index < -0.39 is 11.9 Å². The number of carbonyl (C=O) groups excluding carboxylic acids is 1. The van der Waals surface area contributed by atoms with E-state index in [1.54, 1.807) is 0 Å². The molecule has 5 nitrogen and oxygen atoms in total. The first-order valence-corrected chi connectivity index (χ1v) is 7.58. The van der Waals surface area contributed by atoms with Gasteiger partial charge in [0.1, 0.15) is 0 Å². The van der Waals surface area contributed by atoms with Crippen LogP contribution < -0.4 is 0 Å². The van der Waals surface area contributed by atoms with E-state index in [9.17, 15) is 9.59 Å². The van der Waals surface area contributed by atoms with Crippen molar-refractivity contribution in [3.05, 3.63) is 23.7 Å². The summed E-state index contributed by atoms with van der Waals surface area (Å²) in [6.07, 6.45) is 6.63. The van der Waals surface area contributed by atoms with E-state index in [-0.39, 0.29) is 11.5 Å². The van der Waals surface area contributed by atoms with Gasteiger partial charge in [0.15, 0.2) is 0 Å². The fourth-order valence-corrected chi connectivity index (χ4v) is 2.23. The number of carbonyl (C=O) groups is 2. The van der Waals surface area contributed by atoms with Crippen LogP contribution in [0.25, 0.3) is 0 Å². The zero-order valence-electron chi connectivity index (χ0n) is 12.8. The Morgan fingerprint density at radius 3 is 2.43 bits per heavy atom. The monoisotopic (exact) mass is 296 g/mol. The number of furan rings is 1. The second-order valence-electron chi connectivity index (χ2n) is 5.22. The van der Waals surface area contributed by atoms with Gasteiger partial charge in [-0.25, -0.2) is 9.59 Å². The molecule has 0 spiro atoms. The fourth-order valence-electron chi connectivity index (χ4n) is 2.23. The van der Waals surface area contributed by atoms with Crippen LogP contribution in [0, 0.1) is 5.92 Å². The van der Waals surface area contributed by atoms with Crippen LogP contribution in [0.15, 0.2) is 16.5 Å². The molecule has 1 N–H and O–H groups in total. The molecule has 0 amide bonds. The maximum atomic E-state index is 11.8. The van der Waals surface area contributed by atoms with Gasteiger partial charge in [-0.1, -0.05) is 39.5 Å². The highest BCUT2D eigenvalue weighted by Crippen LogP contribution is 2.17. The van der Waals surface area contributed by atoms with Crippen molar-refractivity contribution in [2.75, 3.05) is 6.61 Å². The van der Waals surface area contributed by atoms with Crippen LogP contribution in [0.5, 0.6) is 0 Å². The van der Waals surface area contributed by atoms with Crippen molar-refractivity contribution in [3.63, 3.8) is 0 Å². The van der Waals surface area contributed by atoms with E-state index >= 15 is 0 Å². The summed E-state index contributed by atoms with van der Waals surface area (Å²) in [5, 5.41) is 8.74. The molecular formula is C16H24O5. The van der Waals surface area contributed by atoms with E-state index in [2.05, 4.69) is 13.8 Å². The standard InChI is InChI=1S/C16H24O5/c1-3-5-6-8-12(7-4-2)11-20-16(19)14-10-9-13(21-14)15(17)18/h9-10,12H,3-8,11H2,1-2H3,(H,17,18). The van der Waals surface area contributed by atoms with Gasteiger partial charge in [0.05, 0.1) is 6.61 Å². The highest BCUT2D eigenvalue weighted by molar-refractivity contribution is 5.90. The SMILES string of the molecule is CCCCCC(CCC)COC(=O)c1ccc(C(=O)O)o1. The van der Waals surface area contributed by atoms with E-state index in [0.717, 1.165) is 25.7 Å². The summed E-state index contributed by atoms with van der Waals surface area (Å²) in [5.74, 6) is -1.75. The van der Waals surface area contributed by atoms with Crippen LogP contribution in [0.2, 0.25) is 0 Å². The van der Waals surface area contributed by atoms with Crippen LogP contribution in [0.3, 0.4) is 0 Å². The number of carboxylic acid groups (broad SMARTS) is 1. The summed E-state index contributed by atoms with van der Waals surface area (Å²) < 4.78 is 10.2. The minimum Gasteiger partial charge on any atom is -0.475 e. The van der Waals surface area contributed by atoms with Gasteiger partial charge in [-0.15, -0.1) is 0 Å². The van der Waals surface area contributed by atoms with E-state index in [0.29, 0.717) is 12.5 Å². The van der Waals surface area contributed by atoms with Crippen molar-refractivity contribution in [3.8, 4) is 0 Å². The third kappa shape index (κ3) is 6.02. The molecular weight excluding hydrogens is 272 g/mol. The normalized spacial score (nSPS) is 12.1. The van der Waals surface area contributed by atoms with Crippen molar-refractivity contribution in [2.24, 2.45) is 5.92 Å². The zero-order chi connectivity index (χ0) is 15.7. The Balaban J connectivity index is 2.45. The molecule has 0 saturated carbocycles. The zero-order valence-corrected chi connectivity index (χ0v) is 12.8. The molecule has 1 heterocycles. The van der Waals surface area contributed by atoms with Crippen molar-refractivity contribution in [1.82, 2.24) is 0 Å². The molecule has 1 aromatic rings. The lowest BCUT2D eigenvalue weighted by molar-refractivity contribution is 0.0384. The lowest BCUT2D eigenvalue weighted by Gasteiger charge is -2.15. The van der Waals surface area contributed by atoms with Gasteiger partial charge in [0.25, 0.3) is 0 Å². The highest BCUT2D eigenvalue weighted by Gasteiger charge is 2.18. The summed E-state index contributed by atoms with van der Waals surface area (Å²) in [6.45, 7) is 4.63. The second kappa shape index (κ2) is 9.21. The number of ether oxygens (including phenoxy) is 1. The summed E-state index contributed by atoms with van der Waals surface area (Å²) >= 11 is 0. The maximum absolute atomic E-state index is 11.8. The molecule has 0 bridgehead atoms. The molecule has 1 atom stereocenters. The van der Waals surface area contributed by atoms with Gasteiger partial charge < -0.3 is 14.3 Å². The summed E-state index contributed by atoms with van der Waals surface area (Å²) in [6, 6.07) is 2.58. The molecule has 1 rings (SSSR count). The van der Waals surface area contributed by atoms with Crippen LogP contribution in [0.1, 0.15) is 73.5 Å². The third-order valence-corrected chi connectivity index (χ3v) is 3.38. The molecule has 5 heteroatoms. The summed E-state index contributed by atoms with van der Waals surface area (Å²) in [5.41, 5.74) is 0. The molecule has 118 valence electrons. The average molecular weight is 296 g/mol. The molecule has 0 fully saturated rings. The molecule has 0 saturated heterocycles. The Morgan fingerprint density at radius 2 is 1.86 bits per heavy atom. The molecule has 1 aromatic heterocycles. The Morgan fingerprint density at radius 1 is 1.14 bits per heavy atom. The number of hydrogen-bond acceptors (Lipinski definition) is 4. The predicted octanol–water partition coefficient (Wildman–Crippen LogP) is 4.13. The van der Waals surface area contributed by atoms with Crippen molar-refractivity contribution in [1.29, 1.82) is 0 Å². The Bertz CT molecular complexity index is 449. The lowest BCUT2D eigenvalue weighted by Crippen LogP contribution is -2.14. The smallest absolute Gasteiger partial charge is 0.374 e. The first-order valence-electron chi connectivity index (χ1n) is 7.58. The van der Waals surface area contributed by atoms with Gasteiger partial charge in [-0.3, -0.25) is 0 Å². The molecule has 0 aromatic carbocycles. The van der Waals surface area contributed by atoms with Crippen LogP contribution in [-0.2, 0) is 4.74 Å². The van der Waals surface area contributed by atoms with Crippen LogP contribution >= 0.6 is 0 Å². The van der Waals surface area contributed by atoms with E-state index in [4.69, 9.17) is 14.3 Å². The second-order valence-corrected chi connectivity index (χ2v) is 5.22. The van der Waals surface area contributed by atoms with Gasteiger partial charge in [0.2, 0.25) is 11.5 Å². The largest absolute Gasteiger partial charge is 0.475 e. The van der Waals surface area contributed by atoms with E-state index in [1.165, 1.54) is 25.0 Å². The van der Waals surface area contributed by atoms with Gasteiger partial charge >= 0.3 is 11.9 Å². The van der Waals surface area contributed by atoms with Crippen LogP contribution in [-0.4, -0.2) is 23.7 Å². The first-order chi connectivity index (χ1) is 10.1. The Hall–Kier alpha value is -1.78. The van der Waals surface area contributed by atoms with Crippen molar-refractivity contribution in [2.45, 2.75) is 52.4 Å². The number of rotatable bonds is 10. The van der Waals surface area contributed by atoms with Gasteiger partial charge in [-0.05, 0) is 30.9 Å². The van der Waals surface area contributed by atoms with Gasteiger partial charge in [0, 0.05) is 0 Å². The van der Waals surface area contributed by atoms with Gasteiger partial charge in [-0.2, -0.15) is 0 Å². The number of aromatic carboxylic acids is 1. The maximum Gasteiger partial charge on any atom is 0.374 e. The van der Waals surface area contributed by atoms with Crippen molar-refractivity contribution >= 4 is 11.9 Å². The lowest BCUT2D eigenvalue weighted by atomic mass is 9.97. The summed E-state index contributed by atoms with van der Waals surface area (Å²) in [4.78, 5) is 22.5. The average Bonchev–Trinajstić information content (AvgIpc) is 2.94. The number of hydrogen-bond donors (Lipinski definition) is 1. The molecule has 0 aliphatic heterocycles. The molecule has 0 aliphatic carbocycles. The number of unbranched alkanes of at least 4 members (excludes halogenated alkanes) is 2. The highest BCUT2D eigenvalue weighted by atomic mass is 16.5. The van der Waals surface area contributed by atoms with Crippen molar-refractivity contribution < 1.29 is 23.8 Å². The first kappa shape index (κ1) is 17.3. The topological polar surface area (TPSA) is 76.7 Å². The number of esters is 1. The molecule has 0 radical (unpaired) electrons. The molecule has 1 unspecified atom stereocenters. The van der Waals surface area contributed by atoms with Crippen LogP contribution in [0.4, 0.5) is 0 Å². The predicted molar refractivity (Wildman–Crippen MR) is 78.5 cm³/mol. The quantitative estimate of drug-likeness (QED) is 0.519. The minimum atomic E-state index is -1.20. The Labute approximate surface area is 125 Å². The molecule has 0 aliphatic rings. The van der Waals surface area contributed by atoms with E-state index in [1.807, 2.05) is 0 Å². The molecule has 21 heavy (non-hydrogen) atoms. The fraction of sp³-hybridized carbons (Fsp3) is 0.625. The summed E-state index contributed by atoms with van der Waals surface area (Å²) in [7, 11) is 0.